The zero-order valence-electron chi connectivity index (χ0n) is 35.7. The first-order chi connectivity index (χ1) is 32.7. The Morgan fingerprint density at radius 2 is 0.758 bits per heavy atom. The summed E-state index contributed by atoms with van der Waals surface area (Å²) in [5.74, 6) is 1.78. The van der Waals surface area contributed by atoms with Crippen molar-refractivity contribution < 1.29 is 0 Å². The number of fused-ring (bicyclic) bond motifs is 3. The van der Waals surface area contributed by atoms with Gasteiger partial charge in [-0.15, -0.1) is 0 Å². The number of nitriles is 1. The molecule has 0 amide bonds. The quantitative estimate of drug-likeness (QED) is 0.153. The van der Waals surface area contributed by atoms with Crippen molar-refractivity contribution in [2.45, 2.75) is 0 Å². The topological polar surface area (TPSA) is 62.5 Å². The van der Waals surface area contributed by atoms with Crippen LogP contribution in [-0.2, 0) is 0 Å². The van der Waals surface area contributed by atoms with Crippen molar-refractivity contribution in [1.29, 1.82) is 5.26 Å². The maximum absolute atomic E-state index is 10.1. The van der Waals surface area contributed by atoms with Gasteiger partial charge in [0.2, 0.25) is 0 Å². The largest absolute Gasteiger partial charge is 0.208 e. The molecule has 0 bridgehead atoms. The van der Waals surface area contributed by atoms with E-state index >= 15 is 0 Å². The molecule has 1 heterocycles. The predicted octanol–water partition coefficient (Wildman–Crippen LogP) is 15.9. The lowest BCUT2D eigenvalue weighted by molar-refractivity contribution is 1.07. The Balaban J connectivity index is 0.909. The molecular formula is C62H38N4. The fraction of sp³-hybridized carbons (Fsp3) is 0. The predicted molar refractivity (Wildman–Crippen MR) is 270 cm³/mol. The van der Waals surface area contributed by atoms with Crippen LogP contribution >= 0.6 is 0 Å². The molecule has 0 unspecified atom stereocenters. The summed E-state index contributed by atoms with van der Waals surface area (Å²) in [4.78, 5) is 15.3. The minimum Gasteiger partial charge on any atom is -0.208 e. The van der Waals surface area contributed by atoms with Crippen molar-refractivity contribution in [2.75, 3.05) is 0 Å². The van der Waals surface area contributed by atoms with Gasteiger partial charge in [0, 0.05) is 16.7 Å². The number of aromatic nitrogens is 3. The zero-order valence-corrected chi connectivity index (χ0v) is 35.7. The second kappa shape index (κ2) is 16.3. The second-order valence-electron chi connectivity index (χ2n) is 16.6. The number of hydrogen-bond acceptors (Lipinski definition) is 4. The van der Waals surface area contributed by atoms with Gasteiger partial charge in [-0.05, 0) is 113 Å². The molecule has 0 saturated heterocycles. The van der Waals surface area contributed by atoms with Crippen LogP contribution in [0.15, 0.2) is 231 Å². The fourth-order valence-corrected chi connectivity index (χ4v) is 9.61. The van der Waals surface area contributed by atoms with Gasteiger partial charge in [0.1, 0.15) is 0 Å². The van der Waals surface area contributed by atoms with Crippen LogP contribution in [0.3, 0.4) is 0 Å². The van der Waals surface area contributed by atoms with Crippen molar-refractivity contribution in [3.8, 4) is 118 Å². The monoisotopic (exact) mass is 838 g/mol. The molecule has 0 fully saturated rings. The molecule has 10 aromatic carbocycles. The zero-order chi connectivity index (χ0) is 44.0. The summed E-state index contributed by atoms with van der Waals surface area (Å²) < 4.78 is 0. The maximum atomic E-state index is 10.1. The van der Waals surface area contributed by atoms with Gasteiger partial charge in [0.25, 0.3) is 0 Å². The third-order valence-corrected chi connectivity index (χ3v) is 12.7. The first kappa shape index (κ1) is 38.6. The van der Waals surface area contributed by atoms with Gasteiger partial charge in [-0.1, -0.05) is 206 Å². The lowest BCUT2D eigenvalue weighted by Crippen LogP contribution is -2.01. The van der Waals surface area contributed by atoms with E-state index < -0.39 is 0 Å². The molecule has 0 atom stereocenters. The molecule has 11 aromatic rings. The Kier molecular flexibility index (Phi) is 9.51. The van der Waals surface area contributed by atoms with Crippen LogP contribution in [0.25, 0.3) is 123 Å². The van der Waals surface area contributed by atoms with Crippen LogP contribution in [0.5, 0.6) is 0 Å². The highest BCUT2D eigenvalue weighted by atomic mass is 15.0. The van der Waals surface area contributed by atoms with Crippen LogP contribution in [0.2, 0.25) is 0 Å². The minimum absolute atomic E-state index is 0.576. The van der Waals surface area contributed by atoms with Gasteiger partial charge < -0.3 is 0 Å². The molecule has 0 radical (unpaired) electrons. The first-order valence-corrected chi connectivity index (χ1v) is 22.1. The maximum Gasteiger partial charge on any atom is 0.164 e. The summed E-state index contributed by atoms with van der Waals surface area (Å²) in [7, 11) is 0. The van der Waals surface area contributed by atoms with Crippen molar-refractivity contribution in [3.63, 3.8) is 0 Å². The van der Waals surface area contributed by atoms with Gasteiger partial charge in [-0.2, -0.15) is 5.26 Å². The summed E-state index contributed by atoms with van der Waals surface area (Å²) >= 11 is 0. The summed E-state index contributed by atoms with van der Waals surface area (Å²) in [5.41, 5.74) is 19.3. The second-order valence-corrected chi connectivity index (χ2v) is 16.6. The van der Waals surface area contributed by atoms with Gasteiger partial charge >= 0.3 is 0 Å². The molecule has 66 heavy (non-hydrogen) atoms. The van der Waals surface area contributed by atoms with E-state index in [9.17, 15) is 5.26 Å². The smallest absolute Gasteiger partial charge is 0.164 e. The standard InChI is InChI=1S/C62H38N4/c63-39-40-30-35-51(47-21-10-23-49(38-47)61-64-60(45-16-5-2-6-17-45)65-62(66-61)55-25-8-7-24-50(55)42-14-3-1-4-15-42)57(36-40)43-33-31-41(32-34-43)46-20-9-22-48(37-46)52-26-13-28-54-53-27-11-18-44-19-12-29-56(58(44)53)59(52)54/h1-38H. The van der Waals surface area contributed by atoms with Gasteiger partial charge in [-0.25, -0.2) is 15.0 Å². The highest BCUT2D eigenvalue weighted by Crippen LogP contribution is 2.51. The van der Waals surface area contributed by atoms with Crippen LogP contribution in [0.4, 0.5) is 0 Å². The molecular weight excluding hydrogens is 801 g/mol. The van der Waals surface area contributed by atoms with Gasteiger partial charge in [0.05, 0.1) is 11.6 Å². The van der Waals surface area contributed by atoms with Crippen molar-refractivity contribution >= 4 is 10.8 Å². The Bertz CT molecular complexity index is 3690. The van der Waals surface area contributed by atoms with E-state index in [0.29, 0.717) is 23.0 Å². The third-order valence-electron chi connectivity index (χ3n) is 12.7. The van der Waals surface area contributed by atoms with Crippen LogP contribution < -0.4 is 0 Å². The highest BCUT2D eigenvalue weighted by Gasteiger charge is 2.24. The van der Waals surface area contributed by atoms with E-state index in [-0.39, 0.29) is 0 Å². The molecule has 1 aliphatic rings. The number of benzene rings is 10. The SMILES string of the molecule is N#Cc1ccc(-c2cccc(-c3nc(-c4ccccc4)nc(-c4ccccc4-c4ccccc4)n3)c2)c(-c2ccc(-c3cccc(-c4cccc5c4-c4cccc6cccc-5c46)c3)cc2)c1. The van der Waals surface area contributed by atoms with E-state index in [0.717, 1.165) is 61.2 Å². The molecule has 4 nitrogen and oxygen atoms in total. The van der Waals surface area contributed by atoms with Gasteiger partial charge in [-0.3, -0.25) is 0 Å². The molecule has 1 aliphatic carbocycles. The third kappa shape index (κ3) is 6.84. The Hall–Kier alpha value is -9.04. The van der Waals surface area contributed by atoms with Gasteiger partial charge in [0.15, 0.2) is 17.5 Å². The number of rotatable bonds is 8. The van der Waals surface area contributed by atoms with Crippen LogP contribution in [-0.4, -0.2) is 15.0 Å². The van der Waals surface area contributed by atoms with E-state index in [2.05, 4.69) is 152 Å². The van der Waals surface area contributed by atoms with E-state index in [1.807, 2.05) is 84.9 Å². The molecule has 0 N–H and O–H groups in total. The Labute approximate surface area is 383 Å². The lowest BCUT2D eigenvalue weighted by Gasteiger charge is -2.14. The summed E-state index contributed by atoms with van der Waals surface area (Å²) in [6, 6.07) is 82.8. The van der Waals surface area contributed by atoms with Crippen LogP contribution in [0, 0.1) is 11.3 Å². The number of hydrogen-bond donors (Lipinski definition) is 0. The molecule has 1 aromatic heterocycles. The molecule has 0 spiro atoms. The average Bonchev–Trinajstić information content (AvgIpc) is 3.74. The highest BCUT2D eigenvalue weighted by molar-refractivity contribution is 6.18. The van der Waals surface area contributed by atoms with E-state index in [1.54, 1.807) is 0 Å². The molecule has 0 aliphatic heterocycles. The molecule has 12 rings (SSSR count). The summed E-state index contributed by atoms with van der Waals surface area (Å²) in [6.45, 7) is 0. The Morgan fingerprint density at radius 3 is 1.52 bits per heavy atom. The fourth-order valence-electron chi connectivity index (χ4n) is 9.61. The number of nitrogens with zero attached hydrogens (tertiary/aromatic N) is 4. The van der Waals surface area contributed by atoms with Crippen molar-refractivity contribution in [2.24, 2.45) is 0 Å². The molecule has 306 valence electrons. The molecule has 4 heteroatoms. The van der Waals surface area contributed by atoms with E-state index in [1.165, 1.54) is 44.2 Å². The Morgan fingerprint density at radius 1 is 0.273 bits per heavy atom. The lowest BCUT2D eigenvalue weighted by atomic mass is 9.90. The first-order valence-electron chi connectivity index (χ1n) is 22.1. The average molecular weight is 839 g/mol. The van der Waals surface area contributed by atoms with Crippen molar-refractivity contribution in [1.82, 2.24) is 15.0 Å². The summed E-state index contributed by atoms with van der Waals surface area (Å²) in [6.07, 6.45) is 0. The molecule has 0 saturated carbocycles. The van der Waals surface area contributed by atoms with Crippen molar-refractivity contribution in [3.05, 3.63) is 236 Å². The minimum atomic E-state index is 0.576. The van der Waals surface area contributed by atoms with Crippen LogP contribution in [0.1, 0.15) is 5.56 Å². The van der Waals surface area contributed by atoms with E-state index in [4.69, 9.17) is 15.0 Å². The summed E-state index contributed by atoms with van der Waals surface area (Å²) in [5, 5.41) is 12.7. The normalized spacial score (nSPS) is 11.3.